The van der Waals surface area contributed by atoms with Crippen LogP contribution in [0.4, 0.5) is 0 Å². The average Bonchev–Trinajstić information content (AvgIpc) is 1.76. The monoisotopic (exact) mass is 132 g/mol. The maximum absolute atomic E-state index is 2.49. The second-order valence-electron chi connectivity index (χ2n) is 2.66. The molecule has 0 amide bonds. The molecule has 0 N–H and O–H groups in total. The van der Waals surface area contributed by atoms with Crippen LogP contribution in [-0.2, 0) is 0 Å². The molecule has 0 radical (unpaired) electrons. The van der Waals surface area contributed by atoms with E-state index in [4.69, 9.17) is 0 Å². The molecule has 1 heterocycles. The minimum atomic E-state index is -0.750. The molecular formula is C4H10Ge. The second kappa shape index (κ2) is 0.781. The van der Waals surface area contributed by atoms with Crippen molar-refractivity contribution in [1.82, 2.24) is 0 Å². The molecule has 0 aliphatic carbocycles. The van der Waals surface area contributed by atoms with E-state index in [2.05, 4.69) is 11.5 Å². The van der Waals surface area contributed by atoms with Crippen molar-refractivity contribution < 1.29 is 0 Å². The van der Waals surface area contributed by atoms with Crippen LogP contribution in [0, 0.1) is 0 Å². The van der Waals surface area contributed by atoms with Gasteiger partial charge in [-0.3, -0.25) is 0 Å². The van der Waals surface area contributed by atoms with Gasteiger partial charge in [0.15, 0.2) is 0 Å². The van der Waals surface area contributed by atoms with E-state index in [-0.39, 0.29) is 0 Å². The maximum atomic E-state index is 2.49. The van der Waals surface area contributed by atoms with Crippen LogP contribution < -0.4 is 0 Å². The van der Waals surface area contributed by atoms with Crippen LogP contribution >= 0.6 is 0 Å². The third-order valence-corrected chi connectivity index (χ3v) is 6.50. The molecule has 1 aliphatic rings. The molecule has 1 aliphatic heterocycles. The molecule has 0 nitrogen and oxygen atoms in total. The SMILES string of the molecule is [CH3][Ge]1([CH3])[CH2][CH2]1. The molecule has 0 atom stereocenters. The zero-order valence-corrected chi connectivity index (χ0v) is 6.01. The van der Waals surface area contributed by atoms with Crippen LogP contribution in [-0.4, -0.2) is 13.3 Å². The van der Waals surface area contributed by atoms with Gasteiger partial charge in [-0.1, -0.05) is 0 Å². The molecule has 0 saturated carbocycles. The Balaban J connectivity index is 2.38. The predicted molar refractivity (Wildman–Crippen MR) is 27.1 cm³/mol. The zero-order chi connectivity index (χ0) is 3.91. The molecular weight excluding hydrogens is 121 g/mol. The Kier molecular flexibility index (Phi) is 0.582. The first-order valence-corrected chi connectivity index (χ1v) is 9.37. The van der Waals surface area contributed by atoms with Gasteiger partial charge in [0.2, 0.25) is 0 Å². The van der Waals surface area contributed by atoms with Gasteiger partial charge < -0.3 is 0 Å². The van der Waals surface area contributed by atoms with Crippen LogP contribution in [0.2, 0.25) is 22.0 Å². The van der Waals surface area contributed by atoms with Crippen molar-refractivity contribution in [1.29, 1.82) is 0 Å². The van der Waals surface area contributed by atoms with E-state index < -0.39 is 13.3 Å². The van der Waals surface area contributed by atoms with Crippen molar-refractivity contribution in [2.75, 3.05) is 0 Å². The number of hydrogen-bond donors (Lipinski definition) is 0. The van der Waals surface area contributed by atoms with Crippen molar-refractivity contribution in [2.45, 2.75) is 22.0 Å². The summed E-state index contributed by atoms with van der Waals surface area (Å²) >= 11 is -0.750. The van der Waals surface area contributed by atoms with Crippen molar-refractivity contribution in [3.8, 4) is 0 Å². The zero-order valence-electron chi connectivity index (χ0n) is 3.91. The standard InChI is InChI=1S/C4H10Ge/c1-5(2)3-4-5/h3-4H2,1-2H3. The quantitative estimate of drug-likeness (QED) is 0.438. The van der Waals surface area contributed by atoms with E-state index in [1.807, 2.05) is 0 Å². The second-order valence-corrected chi connectivity index (χ2v) is 13.8. The molecule has 5 heavy (non-hydrogen) atoms. The van der Waals surface area contributed by atoms with Crippen LogP contribution in [0.25, 0.3) is 0 Å². The molecule has 1 saturated heterocycles. The summed E-state index contributed by atoms with van der Waals surface area (Å²) in [6, 6.07) is 0. The van der Waals surface area contributed by atoms with Gasteiger partial charge in [-0.05, 0) is 0 Å². The molecule has 0 unspecified atom stereocenters. The molecule has 0 aromatic carbocycles. The fourth-order valence-electron chi connectivity index (χ4n) is 0.250. The topological polar surface area (TPSA) is 0 Å². The molecule has 0 aromatic heterocycles. The Bertz CT molecular complexity index is 41.6. The summed E-state index contributed by atoms with van der Waals surface area (Å²) in [6.45, 7) is 0. The summed E-state index contributed by atoms with van der Waals surface area (Å²) in [5.41, 5.74) is 0. The van der Waals surface area contributed by atoms with Gasteiger partial charge in [-0.15, -0.1) is 0 Å². The van der Waals surface area contributed by atoms with Gasteiger partial charge in [0.05, 0.1) is 0 Å². The Labute approximate surface area is 35.9 Å². The van der Waals surface area contributed by atoms with E-state index in [0.29, 0.717) is 0 Å². The molecule has 0 bridgehead atoms. The van der Waals surface area contributed by atoms with Gasteiger partial charge in [-0.2, -0.15) is 0 Å². The van der Waals surface area contributed by atoms with Gasteiger partial charge in [0.1, 0.15) is 0 Å². The summed E-state index contributed by atoms with van der Waals surface area (Å²) in [7, 11) is 0. The fraction of sp³-hybridized carbons (Fsp3) is 1.00. The molecule has 1 fully saturated rings. The van der Waals surface area contributed by atoms with Gasteiger partial charge in [0.25, 0.3) is 0 Å². The first-order chi connectivity index (χ1) is 2.21. The normalized spacial score (nSPS) is 30.0. The van der Waals surface area contributed by atoms with Crippen molar-refractivity contribution in [3.05, 3.63) is 0 Å². The fourth-order valence-corrected chi connectivity index (χ4v) is 6.75. The van der Waals surface area contributed by atoms with Gasteiger partial charge >= 0.3 is 35.3 Å². The van der Waals surface area contributed by atoms with E-state index >= 15 is 0 Å². The number of rotatable bonds is 0. The summed E-state index contributed by atoms with van der Waals surface area (Å²) in [6.07, 6.45) is 0. The van der Waals surface area contributed by atoms with E-state index in [1.54, 1.807) is 10.5 Å². The Morgan fingerprint density at radius 2 is 1.40 bits per heavy atom. The first kappa shape index (κ1) is 3.72. The summed E-state index contributed by atoms with van der Waals surface area (Å²) in [4.78, 5) is 0. The third-order valence-electron chi connectivity index (χ3n) is 1.25. The summed E-state index contributed by atoms with van der Waals surface area (Å²) in [5, 5.41) is 3.28. The Morgan fingerprint density at radius 3 is 1.40 bits per heavy atom. The van der Waals surface area contributed by atoms with Crippen LogP contribution in [0.3, 0.4) is 0 Å². The summed E-state index contributed by atoms with van der Waals surface area (Å²) in [5.74, 6) is 4.97. The van der Waals surface area contributed by atoms with Crippen molar-refractivity contribution >= 4 is 13.3 Å². The van der Waals surface area contributed by atoms with E-state index in [1.165, 1.54) is 0 Å². The molecule has 0 spiro atoms. The minimum absolute atomic E-state index is 0.750. The molecule has 0 aromatic rings. The summed E-state index contributed by atoms with van der Waals surface area (Å²) < 4.78 is 0. The Hall–Kier alpha value is 0.543. The van der Waals surface area contributed by atoms with Crippen LogP contribution in [0.15, 0.2) is 0 Å². The van der Waals surface area contributed by atoms with E-state index in [9.17, 15) is 0 Å². The predicted octanol–water partition coefficient (Wildman–Crippen LogP) is 1.71. The number of hydrogen-bond acceptors (Lipinski definition) is 0. The van der Waals surface area contributed by atoms with E-state index in [0.717, 1.165) is 0 Å². The third kappa shape index (κ3) is 0.956. The molecule has 30 valence electrons. The molecule has 1 heteroatoms. The van der Waals surface area contributed by atoms with Crippen LogP contribution in [0.5, 0.6) is 0 Å². The van der Waals surface area contributed by atoms with Gasteiger partial charge in [0, 0.05) is 0 Å². The van der Waals surface area contributed by atoms with Crippen LogP contribution in [0.1, 0.15) is 0 Å². The first-order valence-electron chi connectivity index (χ1n) is 2.21. The Morgan fingerprint density at radius 1 is 1.20 bits per heavy atom. The average molecular weight is 131 g/mol. The van der Waals surface area contributed by atoms with Gasteiger partial charge in [-0.25, -0.2) is 0 Å². The van der Waals surface area contributed by atoms with Crippen molar-refractivity contribution in [2.24, 2.45) is 0 Å². The van der Waals surface area contributed by atoms with Crippen molar-refractivity contribution in [3.63, 3.8) is 0 Å². The molecule has 1 rings (SSSR count).